The van der Waals surface area contributed by atoms with Crippen molar-refractivity contribution >= 4 is 23.6 Å². The van der Waals surface area contributed by atoms with E-state index in [1.54, 1.807) is 30.3 Å². The molecular weight excluding hydrogens is 428 g/mol. The first kappa shape index (κ1) is 24.5. The lowest BCUT2D eigenvalue weighted by Gasteiger charge is -2.21. The van der Waals surface area contributed by atoms with Gasteiger partial charge in [0.1, 0.15) is 0 Å². The van der Waals surface area contributed by atoms with Crippen LogP contribution >= 0.6 is 0 Å². The summed E-state index contributed by atoms with van der Waals surface area (Å²) in [5, 5.41) is 13.5. The van der Waals surface area contributed by atoms with Gasteiger partial charge in [0.15, 0.2) is 6.61 Å². The Balaban J connectivity index is 1.62. The summed E-state index contributed by atoms with van der Waals surface area (Å²) in [5.41, 5.74) is 5.58. The van der Waals surface area contributed by atoms with Crippen molar-refractivity contribution in [2.45, 2.75) is 33.7 Å². The van der Waals surface area contributed by atoms with Crippen molar-refractivity contribution in [1.29, 1.82) is 5.26 Å². The third-order valence-corrected chi connectivity index (χ3v) is 5.43. The zero-order chi connectivity index (χ0) is 24.5. The number of amides is 1. The van der Waals surface area contributed by atoms with E-state index >= 15 is 0 Å². The van der Waals surface area contributed by atoms with Gasteiger partial charge in [0, 0.05) is 29.6 Å². The molecule has 1 aromatic heterocycles. The van der Waals surface area contributed by atoms with E-state index in [-0.39, 0.29) is 18.9 Å². The highest BCUT2D eigenvalue weighted by atomic mass is 16.5. The van der Waals surface area contributed by atoms with Crippen LogP contribution in [0.5, 0.6) is 0 Å². The van der Waals surface area contributed by atoms with Crippen LogP contribution in [0.4, 0.5) is 5.69 Å². The lowest BCUT2D eigenvalue weighted by molar-refractivity contribution is -0.142. The van der Waals surface area contributed by atoms with Gasteiger partial charge in [-0.05, 0) is 44.5 Å². The second kappa shape index (κ2) is 11.6. The maximum atomic E-state index is 12.6. The Kier molecular flexibility index (Phi) is 8.36. The molecule has 0 spiro atoms. The van der Waals surface area contributed by atoms with Gasteiger partial charge in [-0.1, -0.05) is 48.0 Å². The summed E-state index contributed by atoms with van der Waals surface area (Å²) in [4.78, 5) is 26.4. The highest BCUT2D eigenvalue weighted by molar-refractivity contribution is 5.96. The Hall–Kier alpha value is -4.18. The average Bonchev–Trinajstić information content (AvgIpc) is 3.10. The largest absolute Gasteiger partial charge is 0.452 e. The number of esters is 1. The smallest absolute Gasteiger partial charge is 0.331 e. The Labute approximate surface area is 199 Å². The molecule has 7 nitrogen and oxygen atoms in total. The lowest BCUT2D eigenvalue weighted by atomic mass is 10.1. The fourth-order valence-electron chi connectivity index (χ4n) is 3.55. The van der Waals surface area contributed by atoms with Crippen LogP contribution in [-0.4, -0.2) is 34.8 Å². The first-order chi connectivity index (χ1) is 16.4. The molecular formula is C27H28N4O3. The molecule has 0 N–H and O–H groups in total. The number of anilines is 1. The number of aryl methyl sites for hydroxylation is 2. The Bertz CT molecular complexity index is 1210. The predicted molar refractivity (Wildman–Crippen MR) is 131 cm³/mol. The van der Waals surface area contributed by atoms with Crippen LogP contribution in [0.2, 0.25) is 0 Å². The summed E-state index contributed by atoms with van der Waals surface area (Å²) in [7, 11) is 0. The van der Waals surface area contributed by atoms with Crippen molar-refractivity contribution in [3.8, 4) is 6.07 Å². The minimum absolute atomic E-state index is 0.180. The zero-order valence-corrected chi connectivity index (χ0v) is 19.7. The molecule has 174 valence electrons. The summed E-state index contributed by atoms with van der Waals surface area (Å²) in [6.07, 6.45) is 3.16. The monoisotopic (exact) mass is 456 g/mol. The number of nitrogens with zero attached hydrogens (tertiary/aromatic N) is 4. The van der Waals surface area contributed by atoms with E-state index in [9.17, 15) is 9.59 Å². The lowest BCUT2D eigenvalue weighted by Crippen LogP contribution is -2.35. The van der Waals surface area contributed by atoms with Crippen molar-refractivity contribution in [1.82, 2.24) is 9.78 Å². The number of carbonyl (C=O) groups is 2. The molecule has 0 aliphatic heterocycles. The van der Waals surface area contributed by atoms with E-state index in [1.807, 2.05) is 37.6 Å². The fourth-order valence-corrected chi connectivity index (χ4v) is 3.55. The maximum Gasteiger partial charge on any atom is 0.331 e. The minimum atomic E-state index is -0.619. The Morgan fingerprint density at radius 1 is 1.09 bits per heavy atom. The molecule has 3 rings (SSSR count). The maximum absolute atomic E-state index is 12.6. The molecule has 1 amide bonds. The molecule has 0 unspecified atom stereocenters. The second-order valence-electron chi connectivity index (χ2n) is 7.96. The van der Waals surface area contributed by atoms with Crippen LogP contribution in [0.25, 0.3) is 6.08 Å². The number of ether oxygens (including phenoxy) is 1. The van der Waals surface area contributed by atoms with Crippen LogP contribution in [0.3, 0.4) is 0 Å². The number of para-hydroxylation sites is 1. The van der Waals surface area contributed by atoms with Gasteiger partial charge in [-0.25, -0.2) is 4.79 Å². The Morgan fingerprint density at radius 2 is 1.79 bits per heavy atom. The van der Waals surface area contributed by atoms with Crippen molar-refractivity contribution in [3.63, 3.8) is 0 Å². The minimum Gasteiger partial charge on any atom is -0.452 e. The number of rotatable bonds is 9. The van der Waals surface area contributed by atoms with Gasteiger partial charge in [-0.3, -0.25) is 9.48 Å². The van der Waals surface area contributed by atoms with Crippen LogP contribution in [-0.2, 0) is 20.9 Å². The molecule has 0 saturated heterocycles. The quantitative estimate of drug-likeness (QED) is 0.353. The summed E-state index contributed by atoms with van der Waals surface area (Å²) < 4.78 is 7.08. The molecule has 2 aromatic carbocycles. The third-order valence-electron chi connectivity index (χ3n) is 5.43. The Morgan fingerprint density at radius 3 is 2.47 bits per heavy atom. The predicted octanol–water partition coefficient (Wildman–Crippen LogP) is 4.36. The third kappa shape index (κ3) is 6.42. The van der Waals surface area contributed by atoms with Gasteiger partial charge in [0.2, 0.25) is 0 Å². The van der Waals surface area contributed by atoms with Crippen molar-refractivity contribution in [2.24, 2.45) is 0 Å². The fraction of sp³-hybridized carbons (Fsp3) is 0.259. The second-order valence-corrected chi connectivity index (χ2v) is 7.96. The standard InChI is InChI=1S/C27H28N4O3/c1-20-10-12-23(13-11-20)18-31-22(3)25(21(2)29-31)14-15-27(33)34-19-26(32)30(17-7-16-28)24-8-5-4-6-9-24/h4-6,8-15H,7,17-19H2,1-3H3/b15-14+. The molecule has 34 heavy (non-hydrogen) atoms. The van der Waals surface area contributed by atoms with Crippen molar-refractivity contribution in [3.05, 3.63) is 88.8 Å². The molecule has 3 aromatic rings. The van der Waals surface area contributed by atoms with Crippen molar-refractivity contribution in [2.75, 3.05) is 18.1 Å². The van der Waals surface area contributed by atoms with Gasteiger partial charge in [-0.2, -0.15) is 10.4 Å². The van der Waals surface area contributed by atoms with Gasteiger partial charge in [0.25, 0.3) is 5.91 Å². The normalized spacial score (nSPS) is 10.8. The number of aromatic nitrogens is 2. The number of nitriles is 1. The van der Waals surface area contributed by atoms with E-state index in [1.165, 1.54) is 16.5 Å². The van der Waals surface area contributed by atoms with Gasteiger partial charge in [-0.15, -0.1) is 0 Å². The molecule has 0 aliphatic carbocycles. The van der Waals surface area contributed by atoms with E-state index < -0.39 is 12.6 Å². The highest BCUT2D eigenvalue weighted by Gasteiger charge is 2.17. The van der Waals surface area contributed by atoms with Crippen LogP contribution < -0.4 is 4.90 Å². The van der Waals surface area contributed by atoms with E-state index in [0.717, 1.165) is 22.5 Å². The summed E-state index contributed by atoms with van der Waals surface area (Å²) in [5.74, 6) is -1.01. The van der Waals surface area contributed by atoms with E-state index in [4.69, 9.17) is 10.00 Å². The topological polar surface area (TPSA) is 88.2 Å². The zero-order valence-electron chi connectivity index (χ0n) is 19.7. The average molecular weight is 457 g/mol. The SMILES string of the molecule is Cc1ccc(Cn2nc(C)c(/C=C/C(=O)OCC(=O)N(CCC#N)c3ccccc3)c2C)cc1. The molecule has 0 saturated carbocycles. The van der Waals surface area contributed by atoms with Crippen LogP contribution in [0, 0.1) is 32.1 Å². The van der Waals surface area contributed by atoms with E-state index in [0.29, 0.717) is 12.2 Å². The molecule has 0 radical (unpaired) electrons. The summed E-state index contributed by atoms with van der Waals surface area (Å²) in [6.45, 7) is 6.35. The van der Waals surface area contributed by atoms with Gasteiger partial charge < -0.3 is 9.64 Å². The molecule has 7 heteroatoms. The number of benzene rings is 2. The number of hydrogen-bond donors (Lipinski definition) is 0. The van der Waals surface area contributed by atoms with Gasteiger partial charge >= 0.3 is 5.97 Å². The first-order valence-corrected chi connectivity index (χ1v) is 11.1. The number of hydrogen-bond acceptors (Lipinski definition) is 5. The summed E-state index contributed by atoms with van der Waals surface area (Å²) in [6, 6.07) is 19.3. The van der Waals surface area contributed by atoms with Gasteiger partial charge in [0.05, 0.1) is 24.7 Å². The van der Waals surface area contributed by atoms with Crippen LogP contribution in [0.15, 0.2) is 60.7 Å². The molecule has 0 aliphatic rings. The molecule has 1 heterocycles. The highest BCUT2D eigenvalue weighted by Crippen LogP contribution is 2.17. The first-order valence-electron chi connectivity index (χ1n) is 11.1. The molecule has 0 bridgehead atoms. The number of carbonyl (C=O) groups excluding carboxylic acids is 2. The van der Waals surface area contributed by atoms with Crippen LogP contribution in [0.1, 0.15) is 34.5 Å². The molecule has 0 fully saturated rings. The van der Waals surface area contributed by atoms with E-state index in [2.05, 4.69) is 29.4 Å². The summed E-state index contributed by atoms with van der Waals surface area (Å²) >= 11 is 0. The molecule has 0 atom stereocenters. The van der Waals surface area contributed by atoms with Crippen molar-refractivity contribution < 1.29 is 14.3 Å².